The molecule has 1 amide bonds. The third kappa shape index (κ3) is 3.71. The number of hydrogen-bond donors (Lipinski definition) is 1. The molecule has 1 atom stereocenters. The lowest BCUT2D eigenvalue weighted by Crippen LogP contribution is -2.29. The van der Waals surface area contributed by atoms with E-state index in [1.807, 2.05) is 37.5 Å². The van der Waals surface area contributed by atoms with Crippen molar-refractivity contribution < 1.29 is 4.79 Å². The highest BCUT2D eigenvalue weighted by atomic mass is 16.1. The molecule has 2 aromatic heterocycles. The molecule has 0 bridgehead atoms. The summed E-state index contributed by atoms with van der Waals surface area (Å²) in [4.78, 5) is 20.5. The Kier molecular flexibility index (Phi) is 4.83. The number of hydrogen-bond acceptors (Lipinski definition) is 5. The zero-order valence-electron chi connectivity index (χ0n) is 14.4. The lowest BCUT2D eigenvalue weighted by molar-refractivity contribution is 0.0937. The number of carbonyl (C=O) groups excluding carboxylic acids is 1. The van der Waals surface area contributed by atoms with Crippen LogP contribution in [0.4, 0.5) is 0 Å². The van der Waals surface area contributed by atoms with Crippen molar-refractivity contribution in [1.82, 2.24) is 30.0 Å². The maximum Gasteiger partial charge on any atom is 0.251 e. The largest absolute Gasteiger partial charge is 0.342 e. The zero-order chi connectivity index (χ0) is 17.8. The minimum Gasteiger partial charge on any atom is -0.342 e. The molecule has 0 saturated heterocycles. The van der Waals surface area contributed by atoms with E-state index in [0.29, 0.717) is 5.56 Å². The van der Waals surface area contributed by atoms with Gasteiger partial charge in [-0.1, -0.05) is 12.1 Å². The summed E-state index contributed by atoms with van der Waals surface area (Å²) < 4.78 is 1.95. The van der Waals surface area contributed by atoms with Crippen molar-refractivity contribution in [2.24, 2.45) is 0 Å². The molecule has 1 aromatic carbocycles. The van der Waals surface area contributed by atoms with Gasteiger partial charge in [-0.2, -0.15) is 0 Å². The Balaban J connectivity index is 1.72. The van der Waals surface area contributed by atoms with Crippen molar-refractivity contribution in [3.05, 3.63) is 60.7 Å². The Bertz CT molecular complexity index is 842. The van der Waals surface area contributed by atoms with Gasteiger partial charge in [-0.25, -0.2) is 9.97 Å². The molecule has 0 unspecified atom stereocenters. The van der Waals surface area contributed by atoms with Gasteiger partial charge in [-0.3, -0.25) is 4.79 Å². The maximum atomic E-state index is 12.5. The standard InChI is InChI=1S/C18H20N6O/c1-12(2)24-11-21-23-17(24)13(3)22-18(25)15-6-4-14(5-7-15)16-8-19-10-20-9-16/h4-13H,1-3H3,(H,22,25)/t13-/m0/s1. The molecule has 0 aliphatic rings. The molecule has 0 saturated carbocycles. The second-order valence-electron chi connectivity index (χ2n) is 6.09. The van der Waals surface area contributed by atoms with Crippen LogP contribution >= 0.6 is 0 Å². The monoisotopic (exact) mass is 336 g/mol. The Morgan fingerprint density at radius 3 is 2.36 bits per heavy atom. The fourth-order valence-corrected chi connectivity index (χ4v) is 2.57. The minimum absolute atomic E-state index is 0.151. The second-order valence-corrected chi connectivity index (χ2v) is 6.09. The SMILES string of the molecule is CC(C)n1cnnc1[C@H](C)NC(=O)c1ccc(-c2cncnc2)cc1. The van der Waals surface area contributed by atoms with Gasteiger partial charge in [0.25, 0.3) is 5.91 Å². The van der Waals surface area contributed by atoms with Crippen molar-refractivity contribution in [3.8, 4) is 11.1 Å². The minimum atomic E-state index is -0.236. The smallest absolute Gasteiger partial charge is 0.251 e. The molecule has 25 heavy (non-hydrogen) atoms. The van der Waals surface area contributed by atoms with Gasteiger partial charge in [0.2, 0.25) is 0 Å². The summed E-state index contributed by atoms with van der Waals surface area (Å²) in [5.74, 6) is 0.586. The van der Waals surface area contributed by atoms with E-state index in [-0.39, 0.29) is 18.0 Å². The van der Waals surface area contributed by atoms with Crippen LogP contribution in [0.25, 0.3) is 11.1 Å². The van der Waals surface area contributed by atoms with E-state index in [0.717, 1.165) is 17.0 Å². The van der Waals surface area contributed by atoms with E-state index < -0.39 is 0 Å². The summed E-state index contributed by atoms with van der Waals surface area (Å²) in [5, 5.41) is 11.0. The number of benzene rings is 1. The number of carbonyl (C=O) groups is 1. The van der Waals surface area contributed by atoms with E-state index in [9.17, 15) is 4.79 Å². The van der Waals surface area contributed by atoms with Crippen LogP contribution in [-0.4, -0.2) is 30.6 Å². The molecule has 0 aliphatic heterocycles. The Morgan fingerprint density at radius 2 is 1.72 bits per heavy atom. The second kappa shape index (κ2) is 7.21. The first kappa shape index (κ1) is 16.8. The number of nitrogens with zero attached hydrogens (tertiary/aromatic N) is 5. The van der Waals surface area contributed by atoms with E-state index >= 15 is 0 Å². The number of amides is 1. The highest BCUT2D eigenvalue weighted by molar-refractivity contribution is 5.94. The van der Waals surface area contributed by atoms with Crippen LogP contribution in [0, 0.1) is 0 Å². The van der Waals surface area contributed by atoms with Crippen molar-refractivity contribution in [2.75, 3.05) is 0 Å². The van der Waals surface area contributed by atoms with E-state index in [4.69, 9.17) is 0 Å². The first-order valence-corrected chi connectivity index (χ1v) is 8.12. The molecule has 2 heterocycles. The Morgan fingerprint density at radius 1 is 1.04 bits per heavy atom. The average Bonchev–Trinajstić information content (AvgIpc) is 3.13. The van der Waals surface area contributed by atoms with Crippen LogP contribution in [0.2, 0.25) is 0 Å². The van der Waals surface area contributed by atoms with E-state index in [1.54, 1.807) is 30.9 Å². The molecule has 3 rings (SSSR count). The van der Waals surface area contributed by atoms with Crippen LogP contribution in [0.1, 0.15) is 49.0 Å². The highest BCUT2D eigenvalue weighted by Gasteiger charge is 2.17. The zero-order valence-corrected chi connectivity index (χ0v) is 14.4. The lowest BCUT2D eigenvalue weighted by Gasteiger charge is -2.17. The van der Waals surface area contributed by atoms with Gasteiger partial charge in [0.15, 0.2) is 5.82 Å². The Labute approximate surface area is 146 Å². The lowest BCUT2D eigenvalue weighted by atomic mass is 10.1. The predicted octanol–water partition coefficient (Wildman–Crippen LogP) is 2.81. The molecule has 0 spiro atoms. The summed E-state index contributed by atoms with van der Waals surface area (Å²) in [5.41, 5.74) is 2.46. The van der Waals surface area contributed by atoms with Crippen molar-refractivity contribution in [1.29, 1.82) is 0 Å². The first-order valence-electron chi connectivity index (χ1n) is 8.12. The van der Waals surface area contributed by atoms with Gasteiger partial charge >= 0.3 is 0 Å². The molecular weight excluding hydrogens is 316 g/mol. The molecule has 0 radical (unpaired) electrons. The van der Waals surface area contributed by atoms with Crippen molar-refractivity contribution in [2.45, 2.75) is 32.9 Å². The third-order valence-corrected chi connectivity index (χ3v) is 3.93. The fraction of sp³-hybridized carbons (Fsp3) is 0.278. The van der Waals surface area contributed by atoms with Gasteiger partial charge in [0, 0.05) is 29.6 Å². The van der Waals surface area contributed by atoms with Crippen LogP contribution in [0.3, 0.4) is 0 Å². The quantitative estimate of drug-likeness (QED) is 0.774. The molecule has 128 valence electrons. The van der Waals surface area contributed by atoms with Gasteiger partial charge in [0.1, 0.15) is 12.7 Å². The third-order valence-electron chi connectivity index (χ3n) is 3.93. The van der Waals surface area contributed by atoms with E-state index in [2.05, 4.69) is 25.5 Å². The number of rotatable bonds is 5. The molecule has 1 N–H and O–H groups in total. The van der Waals surface area contributed by atoms with E-state index in [1.165, 1.54) is 6.33 Å². The number of aromatic nitrogens is 5. The van der Waals surface area contributed by atoms with Gasteiger partial charge in [0.05, 0.1) is 6.04 Å². The molecular formula is C18H20N6O. The number of nitrogens with one attached hydrogen (secondary N) is 1. The van der Waals surface area contributed by atoms with Crippen molar-refractivity contribution >= 4 is 5.91 Å². The molecule has 0 aliphatic carbocycles. The Hall–Kier alpha value is -3.09. The average molecular weight is 336 g/mol. The van der Waals surface area contributed by atoms with Crippen LogP contribution < -0.4 is 5.32 Å². The predicted molar refractivity (Wildman–Crippen MR) is 93.8 cm³/mol. The molecule has 3 aromatic rings. The summed E-state index contributed by atoms with van der Waals surface area (Å²) in [6, 6.07) is 7.34. The van der Waals surface area contributed by atoms with Gasteiger partial charge < -0.3 is 9.88 Å². The molecule has 7 heteroatoms. The maximum absolute atomic E-state index is 12.5. The summed E-state index contributed by atoms with van der Waals surface area (Å²) in [6.07, 6.45) is 6.65. The van der Waals surface area contributed by atoms with Crippen LogP contribution in [0.5, 0.6) is 0 Å². The van der Waals surface area contributed by atoms with Gasteiger partial charge in [-0.05, 0) is 38.5 Å². The fourth-order valence-electron chi connectivity index (χ4n) is 2.57. The molecule has 0 fully saturated rings. The van der Waals surface area contributed by atoms with Crippen LogP contribution in [0.15, 0.2) is 49.3 Å². The summed E-state index contributed by atoms with van der Waals surface area (Å²) in [6.45, 7) is 6.00. The molecule has 7 nitrogen and oxygen atoms in total. The summed E-state index contributed by atoms with van der Waals surface area (Å²) in [7, 11) is 0. The van der Waals surface area contributed by atoms with Crippen molar-refractivity contribution in [3.63, 3.8) is 0 Å². The highest BCUT2D eigenvalue weighted by Crippen LogP contribution is 2.19. The van der Waals surface area contributed by atoms with Crippen LogP contribution in [-0.2, 0) is 0 Å². The first-order chi connectivity index (χ1) is 12.1. The topological polar surface area (TPSA) is 85.6 Å². The van der Waals surface area contributed by atoms with Gasteiger partial charge in [-0.15, -0.1) is 10.2 Å². The normalized spacial score (nSPS) is 12.2. The summed E-state index contributed by atoms with van der Waals surface area (Å²) >= 11 is 0.